The minimum atomic E-state index is -0.664. The van der Waals surface area contributed by atoms with Crippen LogP contribution in [0.4, 0.5) is 5.69 Å². The lowest BCUT2D eigenvalue weighted by atomic mass is 10.1. The van der Waals surface area contributed by atoms with E-state index in [4.69, 9.17) is 25.7 Å². The van der Waals surface area contributed by atoms with Crippen LogP contribution in [0.3, 0.4) is 0 Å². The SMILES string of the molecule is CC(C)(C)OC(=O)COC(=O)Cc1c[nH]c2ccc(OC(=O)c3ccc(N=C(N)N)cc3)cc12. The number of carbonyl (C=O) groups excluding carboxylic acids is 3. The Labute approximate surface area is 195 Å². The lowest BCUT2D eigenvalue weighted by molar-refractivity contribution is -0.166. The number of hydrogen-bond acceptors (Lipinski definition) is 7. The van der Waals surface area contributed by atoms with Crippen molar-refractivity contribution in [3.8, 4) is 5.75 Å². The zero-order chi connectivity index (χ0) is 24.9. The van der Waals surface area contributed by atoms with E-state index < -0.39 is 30.1 Å². The molecule has 3 aromatic rings. The van der Waals surface area contributed by atoms with Crippen molar-refractivity contribution in [1.29, 1.82) is 0 Å². The van der Waals surface area contributed by atoms with Gasteiger partial charge in [0.15, 0.2) is 12.6 Å². The molecule has 0 unspecified atom stereocenters. The third-order valence-electron chi connectivity index (χ3n) is 4.42. The largest absolute Gasteiger partial charge is 0.457 e. The molecular formula is C24H26N4O6. The van der Waals surface area contributed by atoms with Crippen molar-refractivity contribution >= 4 is 40.5 Å². The van der Waals surface area contributed by atoms with Crippen LogP contribution < -0.4 is 16.2 Å². The number of nitrogens with two attached hydrogens (primary N) is 2. The summed E-state index contributed by atoms with van der Waals surface area (Å²) in [6, 6.07) is 11.3. The number of aliphatic imine (C=N–C) groups is 1. The van der Waals surface area contributed by atoms with Crippen molar-refractivity contribution in [1.82, 2.24) is 4.98 Å². The molecule has 10 nitrogen and oxygen atoms in total. The number of fused-ring (bicyclic) bond motifs is 1. The van der Waals surface area contributed by atoms with Gasteiger partial charge in [-0.3, -0.25) is 4.79 Å². The van der Waals surface area contributed by atoms with Gasteiger partial charge in [-0.2, -0.15) is 0 Å². The molecule has 10 heteroatoms. The number of guanidine groups is 1. The highest BCUT2D eigenvalue weighted by molar-refractivity contribution is 5.93. The predicted molar refractivity (Wildman–Crippen MR) is 126 cm³/mol. The normalized spacial score (nSPS) is 11.0. The average Bonchev–Trinajstić information content (AvgIpc) is 3.13. The summed E-state index contributed by atoms with van der Waals surface area (Å²) in [7, 11) is 0. The Morgan fingerprint density at radius 3 is 2.35 bits per heavy atom. The minimum Gasteiger partial charge on any atom is -0.457 e. The van der Waals surface area contributed by atoms with Crippen LogP contribution in [0.15, 0.2) is 53.7 Å². The van der Waals surface area contributed by atoms with E-state index in [1.54, 1.807) is 69.4 Å². The molecule has 0 aliphatic heterocycles. The maximum atomic E-state index is 12.5. The van der Waals surface area contributed by atoms with Crippen molar-refractivity contribution in [2.75, 3.05) is 6.61 Å². The van der Waals surface area contributed by atoms with E-state index in [0.29, 0.717) is 28.0 Å². The van der Waals surface area contributed by atoms with Gasteiger partial charge in [0.1, 0.15) is 11.4 Å². The standard InChI is InChI=1S/C24H26N4O6/c1-24(2,3)34-21(30)13-32-20(29)10-15-12-27-19-9-8-17(11-18(15)19)33-22(31)14-4-6-16(7-5-14)28-23(25)26/h4-9,11-12,27H,10,13H2,1-3H3,(H4,25,26,28). The van der Waals surface area contributed by atoms with Gasteiger partial charge >= 0.3 is 17.9 Å². The predicted octanol–water partition coefficient (Wildman–Crippen LogP) is 2.72. The number of rotatable bonds is 7. The molecule has 0 saturated carbocycles. The van der Waals surface area contributed by atoms with Crippen LogP contribution in [-0.2, 0) is 25.5 Å². The van der Waals surface area contributed by atoms with Crippen molar-refractivity contribution in [3.63, 3.8) is 0 Å². The second kappa shape index (κ2) is 10.1. The van der Waals surface area contributed by atoms with Gasteiger partial charge in [0, 0.05) is 17.1 Å². The van der Waals surface area contributed by atoms with E-state index in [9.17, 15) is 14.4 Å². The van der Waals surface area contributed by atoms with Crippen molar-refractivity contribution < 1.29 is 28.6 Å². The molecule has 2 aromatic carbocycles. The van der Waals surface area contributed by atoms with E-state index in [1.807, 2.05) is 0 Å². The summed E-state index contributed by atoms with van der Waals surface area (Å²) < 4.78 is 15.6. The van der Waals surface area contributed by atoms with Crippen LogP contribution in [0.25, 0.3) is 10.9 Å². The zero-order valence-electron chi connectivity index (χ0n) is 19.1. The number of benzene rings is 2. The van der Waals surface area contributed by atoms with Crippen molar-refractivity contribution in [3.05, 3.63) is 59.8 Å². The molecule has 3 rings (SSSR count). The van der Waals surface area contributed by atoms with E-state index in [1.165, 1.54) is 0 Å². The lowest BCUT2D eigenvalue weighted by Crippen LogP contribution is -2.27. The number of H-pyrrole nitrogens is 1. The molecule has 0 radical (unpaired) electrons. The highest BCUT2D eigenvalue weighted by atomic mass is 16.6. The quantitative estimate of drug-likeness (QED) is 0.207. The molecule has 178 valence electrons. The number of nitrogens with one attached hydrogen (secondary N) is 1. The van der Waals surface area contributed by atoms with Crippen LogP contribution in [0.5, 0.6) is 5.75 Å². The number of aromatic nitrogens is 1. The Hall–Kier alpha value is -4.34. The van der Waals surface area contributed by atoms with Gasteiger partial charge in [-0.15, -0.1) is 0 Å². The Morgan fingerprint density at radius 2 is 1.71 bits per heavy atom. The molecule has 1 heterocycles. The number of carbonyl (C=O) groups is 3. The Kier molecular flexibility index (Phi) is 7.20. The van der Waals surface area contributed by atoms with Crippen LogP contribution in [0.1, 0.15) is 36.7 Å². The Bertz CT molecular complexity index is 1230. The van der Waals surface area contributed by atoms with Crippen molar-refractivity contribution in [2.45, 2.75) is 32.8 Å². The molecule has 34 heavy (non-hydrogen) atoms. The summed E-state index contributed by atoms with van der Waals surface area (Å²) >= 11 is 0. The zero-order valence-corrected chi connectivity index (χ0v) is 19.1. The summed E-state index contributed by atoms with van der Waals surface area (Å²) in [5, 5.41) is 0.683. The summed E-state index contributed by atoms with van der Waals surface area (Å²) in [6.07, 6.45) is 1.58. The molecule has 0 fully saturated rings. The first-order valence-electron chi connectivity index (χ1n) is 10.4. The molecule has 0 amide bonds. The highest BCUT2D eigenvalue weighted by Crippen LogP contribution is 2.25. The second-order valence-electron chi connectivity index (χ2n) is 8.42. The van der Waals surface area contributed by atoms with Crippen LogP contribution >= 0.6 is 0 Å². The molecular weight excluding hydrogens is 440 g/mol. The van der Waals surface area contributed by atoms with Crippen LogP contribution in [0, 0.1) is 0 Å². The molecule has 0 spiro atoms. The van der Waals surface area contributed by atoms with Crippen LogP contribution in [-0.4, -0.2) is 41.1 Å². The fraction of sp³-hybridized carbons (Fsp3) is 0.250. The molecule has 1 aromatic heterocycles. The van der Waals surface area contributed by atoms with Crippen LogP contribution in [0.2, 0.25) is 0 Å². The molecule has 0 atom stereocenters. The average molecular weight is 466 g/mol. The third kappa shape index (κ3) is 6.83. The Balaban J connectivity index is 1.65. The molecule has 0 aliphatic carbocycles. The third-order valence-corrected chi connectivity index (χ3v) is 4.42. The molecule has 0 aliphatic rings. The van der Waals surface area contributed by atoms with Gasteiger partial charge in [-0.1, -0.05) is 0 Å². The summed E-state index contributed by atoms with van der Waals surface area (Å²) in [6.45, 7) is 4.71. The lowest BCUT2D eigenvalue weighted by Gasteiger charge is -2.19. The van der Waals surface area contributed by atoms with E-state index in [0.717, 1.165) is 5.52 Å². The summed E-state index contributed by atoms with van der Waals surface area (Å²) in [4.78, 5) is 43.4. The maximum Gasteiger partial charge on any atom is 0.344 e. The van der Waals surface area contributed by atoms with Crippen molar-refractivity contribution in [2.24, 2.45) is 16.5 Å². The maximum absolute atomic E-state index is 12.5. The molecule has 0 saturated heterocycles. The van der Waals surface area contributed by atoms with Gasteiger partial charge in [0.25, 0.3) is 0 Å². The summed E-state index contributed by atoms with van der Waals surface area (Å²) in [5.41, 5.74) is 12.2. The van der Waals surface area contributed by atoms with Gasteiger partial charge in [0.2, 0.25) is 0 Å². The van der Waals surface area contributed by atoms with Gasteiger partial charge in [0.05, 0.1) is 17.7 Å². The number of ether oxygens (including phenoxy) is 3. The monoisotopic (exact) mass is 466 g/mol. The van der Waals surface area contributed by atoms with E-state index in [2.05, 4.69) is 9.98 Å². The smallest absolute Gasteiger partial charge is 0.344 e. The number of esters is 3. The van der Waals surface area contributed by atoms with Gasteiger partial charge in [-0.05, 0) is 68.8 Å². The first kappa shape index (κ1) is 24.3. The van der Waals surface area contributed by atoms with E-state index in [-0.39, 0.29) is 12.4 Å². The number of aromatic amines is 1. The minimum absolute atomic E-state index is 0.0769. The topological polar surface area (TPSA) is 159 Å². The Morgan fingerprint density at radius 1 is 1.00 bits per heavy atom. The summed E-state index contributed by atoms with van der Waals surface area (Å²) in [5.74, 6) is -1.56. The first-order valence-corrected chi connectivity index (χ1v) is 10.4. The number of hydrogen-bond donors (Lipinski definition) is 3. The van der Waals surface area contributed by atoms with E-state index >= 15 is 0 Å². The fourth-order valence-corrected chi connectivity index (χ4v) is 3.07. The van der Waals surface area contributed by atoms with Gasteiger partial charge in [-0.25, -0.2) is 14.6 Å². The fourth-order valence-electron chi connectivity index (χ4n) is 3.07. The molecule has 0 bridgehead atoms. The number of nitrogens with zero attached hydrogens (tertiary/aromatic N) is 1. The second-order valence-corrected chi connectivity index (χ2v) is 8.42. The highest BCUT2D eigenvalue weighted by Gasteiger charge is 2.18. The van der Waals surface area contributed by atoms with Gasteiger partial charge < -0.3 is 30.7 Å². The molecule has 5 N–H and O–H groups in total. The first-order chi connectivity index (χ1) is 16.0.